The summed E-state index contributed by atoms with van der Waals surface area (Å²) in [5, 5.41) is 10.0. The number of halogens is 3. The summed E-state index contributed by atoms with van der Waals surface area (Å²) in [5.74, 6) is -2.28. The molecular formula is C21H25F3N6O5. The number of carbonyl (C=O) groups excluding carboxylic acids is 3. The van der Waals surface area contributed by atoms with Crippen LogP contribution in [-0.2, 0) is 20.7 Å². The second-order valence-corrected chi connectivity index (χ2v) is 7.47. The Bertz CT molecular complexity index is 1020. The highest BCUT2D eigenvalue weighted by molar-refractivity contribution is 5.90. The van der Waals surface area contributed by atoms with Gasteiger partial charge in [-0.3, -0.25) is 19.5 Å². The number of likely N-dealkylation sites (N-methyl/N-ethyl adjacent to an activating group) is 1. The van der Waals surface area contributed by atoms with E-state index in [1.54, 1.807) is 13.0 Å². The molecule has 3 N–H and O–H groups in total. The van der Waals surface area contributed by atoms with E-state index < -0.39 is 30.3 Å². The fourth-order valence-corrected chi connectivity index (χ4v) is 3.29. The van der Waals surface area contributed by atoms with E-state index in [0.29, 0.717) is 25.3 Å². The first-order valence-corrected chi connectivity index (χ1v) is 10.8. The van der Waals surface area contributed by atoms with Gasteiger partial charge in [-0.2, -0.15) is 8.78 Å². The second-order valence-electron chi connectivity index (χ2n) is 7.47. The maximum atomic E-state index is 14.6. The summed E-state index contributed by atoms with van der Waals surface area (Å²) in [5.41, 5.74) is 3.87. The molecule has 190 valence electrons. The number of amides is 3. The molecule has 1 atom stereocenters. The summed E-state index contributed by atoms with van der Waals surface area (Å²) < 4.78 is 48.9. The predicted octanol–water partition coefficient (Wildman–Crippen LogP) is 1.53. The molecule has 1 aliphatic rings. The molecule has 0 unspecified atom stereocenters. The van der Waals surface area contributed by atoms with Crippen LogP contribution in [0, 0.1) is 5.82 Å². The molecule has 1 aliphatic heterocycles. The summed E-state index contributed by atoms with van der Waals surface area (Å²) in [6.07, 6.45) is -3.32. The smallest absolute Gasteiger partial charge is 0.414 e. The number of carbonyl (C=O) groups is 3. The zero-order valence-corrected chi connectivity index (χ0v) is 18.8. The molecular weight excluding hydrogens is 473 g/mol. The number of cyclic esters (lactones) is 1. The molecule has 0 aliphatic carbocycles. The van der Waals surface area contributed by atoms with E-state index in [1.807, 2.05) is 5.32 Å². The van der Waals surface area contributed by atoms with Gasteiger partial charge in [-0.05, 0) is 25.1 Å². The standard InChI is InChI=1S/C21H25F3N6O5/c1-2-30(18(31)9-13-5-8-34-28-13)27-7-6-25-17-4-3-14(10-16(17)22)29-12-15(35-21(29)33)11-26-20(32)19(23)24/h3-5,8,10,15,19,25,27H,2,6-7,9,11-12H2,1H3,(H,26,32)/t15-/m0/s1. The minimum absolute atomic E-state index is 0.0340. The molecule has 0 radical (unpaired) electrons. The molecule has 0 saturated carbocycles. The van der Waals surface area contributed by atoms with Gasteiger partial charge in [0, 0.05) is 25.7 Å². The van der Waals surface area contributed by atoms with Crippen molar-refractivity contribution in [2.75, 3.05) is 42.9 Å². The Morgan fingerprint density at radius 1 is 1.29 bits per heavy atom. The molecule has 0 spiro atoms. The van der Waals surface area contributed by atoms with Crippen molar-refractivity contribution in [3.63, 3.8) is 0 Å². The largest absolute Gasteiger partial charge is 0.442 e. The third-order valence-corrected chi connectivity index (χ3v) is 5.02. The van der Waals surface area contributed by atoms with Crippen molar-refractivity contribution in [1.29, 1.82) is 0 Å². The molecule has 0 bridgehead atoms. The zero-order valence-electron chi connectivity index (χ0n) is 18.8. The summed E-state index contributed by atoms with van der Waals surface area (Å²) in [7, 11) is 0. The molecule has 14 heteroatoms. The number of nitrogens with one attached hydrogen (secondary N) is 3. The van der Waals surface area contributed by atoms with Crippen molar-refractivity contribution < 1.29 is 36.8 Å². The lowest BCUT2D eigenvalue weighted by molar-refractivity contribution is -0.133. The Kier molecular flexibility index (Phi) is 8.89. The first kappa shape index (κ1) is 25.8. The molecule has 2 heterocycles. The Labute approximate surface area is 198 Å². The van der Waals surface area contributed by atoms with Crippen LogP contribution in [0.15, 0.2) is 35.1 Å². The van der Waals surface area contributed by atoms with E-state index >= 15 is 0 Å². The lowest BCUT2D eigenvalue weighted by atomic mass is 10.2. The third-order valence-electron chi connectivity index (χ3n) is 5.02. The van der Waals surface area contributed by atoms with Gasteiger partial charge in [0.15, 0.2) is 0 Å². The van der Waals surface area contributed by atoms with Gasteiger partial charge in [0.05, 0.1) is 36.6 Å². The highest BCUT2D eigenvalue weighted by Gasteiger charge is 2.33. The van der Waals surface area contributed by atoms with Crippen LogP contribution < -0.4 is 21.0 Å². The minimum Gasteiger partial charge on any atom is -0.442 e. The zero-order chi connectivity index (χ0) is 25.4. The Morgan fingerprint density at radius 3 is 2.74 bits per heavy atom. The molecule has 1 aromatic heterocycles. The van der Waals surface area contributed by atoms with Gasteiger partial charge in [0.2, 0.25) is 5.91 Å². The monoisotopic (exact) mass is 498 g/mol. The average molecular weight is 498 g/mol. The van der Waals surface area contributed by atoms with Crippen molar-refractivity contribution in [3.05, 3.63) is 42.0 Å². The van der Waals surface area contributed by atoms with Gasteiger partial charge in [0.25, 0.3) is 5.91 Å². The first-order valence-electron chi connectivity index (χ1n) is 10.8. The quantitative estimate of drug-likeness (QED) is 0.297. The van der Waals surface area contributed by atoms with Crippen molar-refractivity contribution in [2.24, 2.45) is 0 Å². The topological polar surface area (TPSA) is 129 Å². The Balaban J connectivity index is 1.46. The lowest BCUT2D eigenvalue weighted by Gasteiger charge is -2.22. The van der Waals surface area contributed by atoms with Crippen LogP contribution in [0.5, 0.6) is 0 Å². The molecule has 1 saturated heterocycles. The number of hydrazine groups is 1. The molecule has 1 aromatic carbocycles. The number of nitrogens with zero attached hydrogens (tertiary/aromatic N) is 3. The Hall–Kier alpha value is -3.81. The number of aromatic nitrogens is 1. The number of benzene rings is 1. The number of anilines is 2. The van der Waals surface area contributed by atoms with Crippen LogP contribution in [0.2, 0.25) is 0 Å². The van der Waals surface area contributed by atoms with Gasteiger partial charge < -0.3 is 19.9 Å². The molecule has 2 aromatic rings. The number of ether oxygens (including phenoxy) is 1. The summed E-state index contributed by atoms with van der Waals surface area (Å²) >= 11 is 0. The number of alkyl halides is 2. The minimum atomic E-state index is -3.17. The van der Waals surface area contributed by atoms with Crippen molar-refractivity contribution in [3.8, 4) is 0 Å². The van der Waals surface area contributed by atoms with Gasteiger partial charge in [-0.25, -0.2) is 14.6 Å². The first-order chi connectivity index (χ1) is 16.8. The molecule has 3 rings (SSSR count). The van der Waals surface area contributed by atoms with Crippen LogP contribution in [0.3, 0.4) is 0 Å². The van der Waals surface area contributed by atoms with Crippen LogP contribution >= 0.6 is 0 Å². The van der Waals surface area contributed by atoms with E-state index in [4.69, 9.17) is 9.26 Å². The van der Waals surface area contributed by atoms with Crippen molar-refractivity contribution in [1.82, 2.24) is 20.9 Å². The third kappa shape index (κ3) is 7.09. The second kappa shape index (κ2) is 12.1. The van der Waals surface area contributed by atoms with E-state index in [2.05, 4.69) is 15.9 Å². The number of rotatable bonds is 12. The van der Waals surface area contributed by atoms with Crippen molar-refractivity contribution in [2.45, 2.75) is 25.9 Å². The van der Waals surface area contributed by atoms with Crippen LogP contribution in [0.4, 0.5) is 29.3 Å². The predicted molar refractivity (Wildman–Crippen MR) is 117 cm³/mol. The van der Waals surface area contributed by atoms with Crippen LogP contribution in [0.25, 0.3) is 0 Å². The summed E-state index contributed by atoms with van der Waals surface area (Å²) in [6.45, 7) is 2.52. The maximum absolute atomic E-state index is 14.6. The van der Waals surface area contributed by atoms with Gasteiger partial charge in [-0.15, -0.1) is 0 Å². The van der Waals surface area contributed by atoms with Crippen LogP contribution in [0.1, 0.15) is 12.6 Å². The van der Waals surface area contributed by atoms with E-state index in [0.717, 1.165) is 11.0 Å². The lowest BCUT2D eigenvalue weighted by Crippen LogP contribution is -2.45. The SMILES string of the molecule is CCN(NCCNc1ccc(N2C[C@H](CNC(=O)C(F)F)OC2=O)cc1F)C(=O)Cc1ccon1. The number of hydrogen-bond donors (Lipinski definition) is 3. The van der Waals surface area contributed by atoms with E-state index in [1.165, 1.54) is 23.4 Å². The van der Waals surface area contributed by atoms with Crippen molar-refractivity contribution >= 4 is 29.3 Å². The van der Waals surface area contributed by atoms with Gasteiger partial charge in [0.1, 0.15) is 18.2 Å². The normalized spacial score (nSPS) is 15.3. The summed E-state index contributed by atoms with van der Waals surface area (Å²) in [6, 6.07) is 5.68. The molecule has 35 heavy (non-hydrogen) atoms. The Morgan fingerprint density at radius 2 is 2.09 bits per heavy atom. The average Bonchev–Trinajstić information content (AvgIpc) is 3.47. The highest BCUT2D eigenvalue weighted by Crippen LogP contribution is 2.25. The van der Waals surface area contributed by atoms with E-state index in [-0.39, 0.29) is 36.8 Å². The summed E-state index contributed by atoms with van der Waals surface area (Å²) in [4.78, 5) is 36.5. The highest BCUT2D eigenvalue weighted by atomic mass is 19.3. The van der Waals surface area contributed by atoms with Gasteiger partial charge >= 0.3 is 12.5 Å². The molecule has 1 fully saturated rings. The van der Waals surface area contributed by atoms with E-state index in [9.17, 15) is 27.6 Å². The molecule has 11 nitrogen and oxygen atoms in total. The fraction of sp³-hybridized carbons (Fsp3) is 0.429. The van der Waals surface area contributed by atoms with Crippen LogP contribution in [-0.4, -0.2) is 73.3 Å². The fourth-order valence-electron chi connectivity index (χ4n) is 3.29. The maximum Gasteiger partial charge on any atom is 0.414 e. The number of hydrogen-bond acceptors (Lipinski definition) is 8. The van der Waals surface area contributed by atoms with Gasteiger partial charge in [-0.1, -0.05) is 5.16 Å². The molecule has 3 amide bonds.